The number of nitrogens with one attached hydrogen (secondary N) is 1. The Kier molecular flexibility index (Phi) is 4.91. The molecule has 1 N–H and O–H groups in total. The smallest absolute Gasteiger partial charge is 0.240 e. The van der Waals surface area contributed by atoms with Crippen LogP contribution >= 0.6 is 23.2 Å². The Morgan fingerprint density at radius 1 is 1.21 bits per heavy atom. The monoisotopic (exact) mass is 384 g/mol. The zero-order valence-electron chi connectivity index (χ0n) is 13.4. The van der Waals surface area contributed by atoms with Crippen molar-refractivity contribution in [3.63, 3.8) is 0 Å². The molecule has 0 amide bonds. The number of fused-ring (bicyclic) bond motifs is 1. The topological polar surface area (TPSA) is 49.4 Å². The van der Waals surface area contributed by atoms with Crippen molar-refractivity contribution in [1.29, 1.82) is 0 Å². The molecule has 24 heavy (non-hydrogen) atoms. The normalized spacial score (nSPS) is 18.4. The molecule has 7 heteroatoms. The van der Waals surface area contributed by atoms with Crippen LogP contribution in [0, 0.1) is 0 Å². The Bertz CT molecular complexity index is 884. The van der Waals surface area contributed by atoms with Crippen LogP contribution in [0.4, 0.5) is 0 Å². The van der Waals surface area contributed by atoms with Crippen LogP contribution in [0.25, 0.3) is 0 Å². The van der Waals surface area contributed by atoms with Gasteiger partial charge in [-0.3, -0.25) is 0 Å². The van der Waals surface area contributed by atoms with Crippen molar-refractivity contribution < 1.29 is 8.42 Å². The summed E-state index contributed by atoms with van der Waals surface area (Å²) in [6, 6.07) is 10.7. The molecule has 0 saturated heterocycles. The summed E-state index contributed by atoms with van der Waals surface area (Å²) in [6.07, 6.45) is 0. The molecule has 0 unspecified atom stereocenters. The molecule has 3 rings (SSSR count). The lowest BCUT2D eigenvalue weighted by molar-refractivity contribution is 0.295. The number of rotatable bonds is 3. The van der Waals surface area contributed by atoms with Gasteiger partial charge in [-0.05, 0) is 55.1 Å². The van der Waals surface area contributed by atoms with Crippen molar-refractivity contribution in [2.75, 3.05) is 20.6 Å². The maximum atomic E-state index is 12.1. The molecular formula is C17H18Cl2N2O2S. The number of halogens is 2. The van der Waals surface area contributed by atoms with Crippen molar-refractivity contribution in [2.45, 2.75) is 17.4 Å². The molecule has 1 aliphatic heterocycles. The van der Waals surface area contributed by atoms with Crippen LogP contribution in [0.2, 0.25) is 10.0 Å². The zero-order valence-corrected chi connectivity index (χ0v) is 15.7. The second-order valence-electron chi connectivity index (χ2n) is 5.98. The van der Waals surface area contributed by atoms with Gasteiger partial charge in [-0.25, -0.2) is 13.1 Å². The van der Waals surface area contributed by atoms with Gasteiger partial charge in [0, 0.05) is 29.1 Å². The Morgan fingerprint density at radius 3 is 2.67 bits per heavy atom. The molecule has 1 aliphatic rings. The number of sulfonamides is 1. The molecule has 0 spiro atoms. The molecule has 2 aromatic rings. The molecule has 0 bridgehead atoms. The number of benzene rings is 2. The second kappa shape index (κ2) is 6.65. The van der Waals surface area contributed by atoms with Crippen molar-refractivity contribution in [1.82, 2.24) is 9.62 Å². The van der Waals surface area contributed by atoms with Gasteiger partial charge in [0.1, 0.15) is 0 Å². The maximum absolute atomic E-state index is 12.1. The van der Waals surface area contributed by atoms with Gasteiger partial charge in [-0.1, -0.05) is 35.3 Å². The number of likely N-dealkylation sites (N-methyl/N-ethyl adjacent to an activating group) is 1. The fourth-order valence-corrected chi connectivity index (χ4v) is 4.50. The first-order chi connectivity index (χ1) is 11.3. The summed E-state index contributed by atoms with van der Waals surface area (Å²) >= 11 is 12.6. The van der Waals surface area contributed by atoms with Gasteiger partial charge in [-0.15, -0.1) is 0 Å². The van der Waals surface area contributed by atoms with Gasteiger partial charge < -0.3 is 4.90 Å². The molecule has 4 nitrogen and oxygen atoms in total. The van der Waals surface area contributed by atoms with E-state index in [1.807, 2.05) is 19.2 Å². The number of hydrogen-bond acceptors (Lipinski definition) is 3. The standard InChI is InChI=1S/C17H18Cl2N2O2S/c1-20-24(22,23)13-5-3-4-11(6-13)15-9-21(2)10-16-14(15)7-12(18)8-17(16)19/h3-8,15,20H,9-10H2,1-2H3/t15-/m0/s1. The first-order valence-corrected chi connectivity index (χ1v) is 9.75. The minimum Gasteiger partial charge on any atom is -0.301 e. The lowest BCUT2D eigenvalue weighted by Crippen LogP contribution is -2.31. The van der Waals surface area contributed by atoms with Gasteiger partial charge >= 0.3 is 0 Å². The van der Waals surface area contributed by atoms with Crippen LogP contribution in [0.5, 0.6) is 0 Å². The van der Waals surface area contributed by atoms with Gasteiger partial charge in [0.05, 0.1) is 4.90 Å². The van der Waals surface area contributed by atoms with E-state index < -0.39 is 10.0 Å². The second-order valence-corrected chi connectivity index (χ2v) is 8.71. The third-order valence-corrected chi connectivity index (χ3v) is 6.30. The average molecular weight is 385 g/mol. The molecule has 128 valence electrons. The molecule has 1 heterocycles. The summed E-state index contributed by atoms with van der Waals surface area (Å²) in [5.74, 6) is 0.0157. The summed E-state index contributed by atoms with van der Waals surface area (Å²) in [7, 11) is -0.0515. The molecule has 0 aliphatic carbocycles. The van der Waals surface area contributed by atoms with Crippen LogP contribution < -0.4 is 4.72 Å². The predicted octanol–water partition coefficient (Wildman–Crippen LogP) is 3.48. The highest BCUT2D eigenvalue weighted by Gasteiger charge is 2.27. The maximum Gasteiger partial charge on any atom is 0.240 e. The van der Waals surface area contributed by atoms with Gasteiger partial charge in [0.2, 0.25) is 10.0 Å². The average Bonchev–Trinajstić information content (AvgIpc) is 2.55. The summed E-state index contributed by atoms with van der Waals surface area (Å²) in [5, 5.41) is 1.24. The van der Waals surface area contributed by atoms with E-state index in [0.29, 0.717) is 10.0 Å². The largest absolute Gasteiger partial charge is 0.301 e. The van der Waals surface area contributed by atoms with Crippen molar-refractivity contribution >= 4 is 33.2 Å². The minimum absolute atomic E-state index is 0.0157. The molecule has 0 saturated carbocycles. The first kappa shape index (κ1) is 17.7. The van der Waals surface area contributed by atoms with Crippen molar-refractivity contribution in [3.05, 3.63) is 63.1 Å². The molecule has 0 radical (unpaired) electrons. The fraction of sp³-hybridized carbons (Fsp3) is 0.294. The lowest BCUT2D eigenvalue weighted by atomic mass is 9.85. The summed E-state index contributed by atoms with van der Waals surface area (Å²) in [6.45, 7) is 1.52. The zero-order chi connectivity index (χ0) is 17.5. The highest BCUT2D eigenvalue weighted by atomic mass is 35.5. The Balaban J connectivity index is 2.13. The minimum atomic E-state index is -3.48. The number of hydrogen-bond donors (Lipinski definition) is 1. The van der Waals surface area contributed by atoms with Gasteiger partial charge in [0.15, 0.2) is 0 Å². The predicted molar refractivity (Wildman–Crippen MR) is 97.3 cm³/mol. The van der Waals surface area contributed by atoms with Crippen LogP contribution in [0.3, 0.4) is 0 Å². The van der Waals surface area contributed by atoms with E-state index in [0.717, 1.165) is 29.8 Å². The van der Waals surface area contributed by atoms with E-state index in [-0.39, 0.29) is 10.8 Å². The molecule has 1 atom stereocenters. The van der Waals surface area contributed by atoms with E-state index in [1.165, 1.54) is 7.05 Å². The summed E-state index contributed by atoms with van der Waals surface area (Å²) < 4.78 is 26.5. The Morgan fingerprint density at radius 2 is 1.96 bits per heavy atom. The summed E-state index contributed by atoms with van der Waals surface area (Å²) in [5.41, 5.74) is 3.03. The Hall–Kier alpha value is -1.11. The van der Waals surface area contributed by atoms with E-state index in [4.69, 9.17) is 23.2 Å². The van der Waals surface area contributed by atoms with E-state index in [9.17, 15) is 8.42 Å². The van der Waals surface area contributed by atoms with Crippen LogP contribution in [-0.4, -0.2) is 34.0 Å². The highest BCUT2D eigenvalue weighted by molar-refractivity contribution is 7.89. The van der Waals surface area contributed by atoms with Crippen LogP contribution in [-0.2, 0) is 16.6 Å². The lowest BCUT2D eigenvalue weighted by Gasteiger charge is -2.33. The van der Waals surface area contributed by atoms with E-state index >= 15 is 0 Å². The first-order valence-electron chi connectivity index (χ1n) is 7.51. The van der Waals surface area contributed by atoms with Crippen LogP contribution in [0.15, 0.2) is 41.3 Å². The molecular weight excluding hydrogens is 367 g/mol. The van der Waals surface area contributed by atoms with Gasteiger partial charge in [0.25, 0.3) is 0 Å². The molecule has 0 aromatic heterocycles. The quantitative estimate of drug-likeness (QED) is 0.880. The van der Waals surface area contributed by atoms with Gasteiger partial charge in [-0.2, -0.15) is 0 Å². The van der Waals surface area contributed by atoms with Crippen molar-refractivity contribution in [3.8, 4) is 0 Å². The number of nitrogens with zero attached hydrogens (tertiary/aromatic N) is 1. The molecule has 0 fully saturated rings. The molecule has 2 aromatic carbocycles. The van der Waals surface area contributed by atoms with Crippen molar-refractivity contribution in [2.24, 2.45) is 0 Å². The van der Waals surface area contributed by atoms with E-state index in [2.05, 4.69) is 9.62 Å². The summed E-state index contributed by atoms with van der Waals surface area (Å²) in [4.78, 5) is 2.43. The highest BCUT2D eigenvalue weighted by Crippen LogP contribution is 2.38. The SMILES string of the molecule is CNS(=O)(=O)c1cccc([C@@H]2CN(C)Cc3c(Cl)cc(Cl)cc32)c1. The Labute approximate surface area is 152 Å². The fourth-order valence-electron chi connectivity index (χ4n) is 3.15. The van der Waals surface area contributed by atoms with Crippen LogP contribution in [0.1, 0.15) is 22.6 Å². The third kappa shape index (κ3) is 3.32. The third-order valence-electron chi connectivity index (χ3n) is 4.33. The van der Waals surface area contributed by atoms with E-state index in [1.54, 1.807) is 24.3 Å².